The van der Waals surface area contributed by atoms with Crippen molar-refractivity contribution in [3.05, 3.63) is 54.1 Å². The van der Waals surface area contributed by atoms with Crippen LogP contribution in [0.2, 0.25) is 0 Å². The lowest BCUT2D eigenvalue weighted by atomic mass is 9.80. The lowest BCUT2D eigenvalue weighted by Crippen LogP contribution is -2.25. The molecule has 2 aromatic carbocycles. The molecule has 0 N–H and O–H groups in total. The predicted molar refractivity (Wildman–Crippen MR) is 136 cm³/mol. The molecule has 4 nitrogen and oxygen atoms in total. The van der Waals surface area contributed by atoms with E-state index >= 15 is 0 Å². The number of esters is 1. The number of hydrogen-bond acceptors (Lipinski definition) is 4. The van der Waals surface area contributed by atoms with E-state index in [0.29, 0.717) is 5.75 Å². The van der Waals surface area contributed by atoms with Gasteiger partial charge in [-0.2, -0.15) is 10.2 Å². The lowest BCUT2D eigenvalue weighted by molar-refractivity contribution is -0.140. The Morgan fingerprint density at radius 1 is 0.788 bits per heavy atom. The second kappa shape index (κ2) is 13.9. The molecule has 2 aromatic rings. The standard InChI is InChI=1S/C29H40N2O2/c1-3-5-7-9-23-11-15-25(16-12-23)29(32)33-28-21-19-27(20-22-28)31-30-26-17-13-24(14-18-26)10-8-6-4-2/h13-14,17-23,25H,3-12,15-16H2,1-2H3/t23-,25-. The number of benzene rings is 2. The molecule has 1 aliphatic carbocycles. The molecule has 0 spiro atoms. The van der Waals surface area contributed by atoms with Gasteiger partial charge in [0.05, 0.1) is 17.3 Å². The zero-order chi connectivity index (χ0) is 23.3. The van der Waals surface area contributed by atoms with Crippen molar-refractivity contribution < 1.29 is 9.53 Å². The van der Waals surface area contributed by atoms with Crippen molar-refractivity contribution in [1.82, 2.24) is 0 Å². The van der Waals surface area contributed by atoms with Gasteiger partial charge in [-0.05, 0) is 86.4 Å². The molecule has 4 heteroatoms. The summed E-state index contributed by atoms with van der Waals surface area (Å²) in [5, 5.41) is 8.64. The van der Waals surface area contributed by atoms with E-state index in [2.05, 4.69) is 36.2 Å². The van der Waals surface area contributed by atoms with Crippen molar-refractivity contribution >= 4 is 17.3 Å². The topological polar surface area (TPSA) is 51.0 Å². The van der Waals surface area contributed by atoms with E-state index in [1.54, 1.807) is 12.1 Å². The molecule has 0 atom stereocenters. The SMILES string of the molecule is CCCCCc1ccc(N=Nc2ccc(OC(=O)[C@H]3CC[C@H](CCCCC)CC3)cc2)cc1. The molecule has 0 aromatic heterocycles. The third-order valence-corrected chi connectivity index (χ3v) is 6.74. The number of carbonyl (C=O) groups excluding carboxylic acids is 1. The number of unbranched alkanes of at least 4 members (excludes halogenated alkanes) is 4. The summed E-state index contributed by atoms with van der Waals surface area (Å²) in [5.41, 5.74) is 2.93. The fourth-order valence-electron chi connectivity index (χ4n) is 4.57. The van der Waals surface area contributed by atoms with Crippen LogP contribution in [-0.2, 0) is 11.2 Å². The van der Waals surface area contributed by atoms with Gasteiger partial charge in [-0.3, -0.25) is 4.79 Å². The highest BCUT2D eigenvalue weighted by Gasteiger charge is 2.27. The summed E-state index contributed by atoms with van der Waals surface area (Å²) in [6.45, 7) is 4.47. The summed E-state index contributed by atoms with van der Waals surface area (Å²) < 4.78 is 5.65. The molecule has 0 amide bonds. The van der Waals surface area contributed by atoms with Crippen molar-refractivity contribution in [2.45, 2.75) is 90.9 Å². The highest BCUT2D eigenvalue weighted by Crippen LogP contribution is 2.33. The zero-order valence-electron chi connectivity index (χ0n) is 20.5. The number of nitrogens with zero attached hydrogens (tertiary/aromatic N) is 2. The van der Waals surface area contributed by atoms with Crippen LogP contribution in [0.3, 0.4) is 0 Å². The van der Waals surface area contributed by atoms with Gasteiger partial charge in [0.1, 0.15) is 5.75 Å². The third-order valence-electron chi connectivity index (χ3n) is 6.74. The van der Waals surface area contributed by atoms with E-state index in [-0.39, 0.29) is 11.9 Å². The summed E-state index contributed by atoms with van der Waals surface area (Å²) >= 11 is 0. The second-order valence-corrected chi connectivity index (χ2v) is 9.45. The molecular weight excluding hydrogens is 408 g/mol. The van der Waals surface area contributed by atoms with Gasteiger partial charge < -0.3 is 4.74 Å². The number of ether oxygens (including phenoxy) is 1. The fraction of sp³-hybridized carbons (Fsp3) is 0.552. The first kappa shape index (κ1) is 25.1. The molecule has 33 heavy (non-hydrogen) atoms. The van der Waals surface area contributed by atoms with Crippen LogP contribution in [0.4, 0.5) is 11.4 Å². The number of hydrogen-bond donors (Lipinski definition) is 0. The average Bonchev–Trinajstić information content (AvgIpc) is 2.85. The van der Waals surface area contributed by atoms with Gasteiger partial charge in [-0.25, -0.2) is 0 Å². The largest absolute Gasteiger partial charge is 0.426 e. The maximum absolute atomic E-state index is 12.6. The number of carbonyl (C=O) groups is 1. The van der Waals surface area contributed by atoms with Crippen molar-refractivity contribution in [3.63, 3.8) is 0 Å². The second-order valence-electron chi connectivity index (χ2n) is 9.45. The molecule has 1 fully saturated rings. The summed E-state index contributed by atoms with van der Waals surface area (Å²) in [6.07, 6.45) is 14.3. The Bertz CT molecular complexity index is 850. The molecule has 0 unspecified atom stereocenters. The molecular formula is C29H40N2O2. The molecule has 178 valence electrons. The van der Waals surface area contributed by atoms with Gasteiger partial charge in [0, 0.05) is 0 Å². The molecule has 3 rings (SSSR count). The van der Waals surface area contributed by atoms with Crippen LogP contribution in [0, 0.1) is 11.8 Å². The van der Waals surface area contributed by atoms with E-state index in [0.717, 1.165) is 49.4 Å². The van der Waals surface area contributed by atoms with Gasteiger partial charge in [0.15, 0.2) is 0 Å². The first-order chi connectivity index (χ1) is 16.2. The Balaban J connectivity index is 1.43. The quantitative estimate of drug-likeness (QED) is 0.141. The Kier molecular flexibility index (Phi) is 10.6. The molecule has 0 bridgehead atoms. The third kappa shape index (κ3) is 8.75. The number of aryl methyl sites for hydroxylation is 1. The van der Waals surface area contributed by atoms with Crippen LogP contribution in [0.25, 0.3) is 0 Å². The normalized spacial score (nSPS) is 18.5. The summed E-state index contributed by atoms with van der Waals surface area (Å²) in [4.78, 5) is 12.6. The predicted octanol–water partition coefficient (Wildman–Crippen LogP) is 9.13. The molecule has 1 aliphatic rings. The Morgan fingerprint density at radius 3 is 1.97 bits per heavy atom. The van der Waals surface area contributed by atoms with Crippen molar-refractivity contribution in [2.75, 3.05) is 0 Å². The van der Waals surface area contributed by atoms with Crippen LogP contribution >= 0.6 is 0 Å². The highest BCUT2D eigenvalue weighted by atomic mass is 16.5. The first-order valence-corrected chi connectivity index (χ1v) is 13.0. The van der Waals surface area contributed by atoms with Crippen molar-refractivity contribution in [2.24, 2.45) is 22.1 Å². The van der Waals surface area contributed by atoms with Crippen LogP contribution in [0.5, 0.6) is 5.75 Å². The average molecular weight is 449 g/mol. The van der Waals surface area contributed by atoms with Gasteiger partial charge in [0.25, 0.3) is 0 Å². The minimum atomic E-state index is -0.0876. The Labute approximate surface area is 199 Å². The van der Waals surface area contributed by atoms with Gasteiger partial charge in [-0.1, -0.05) is 64.5 Å². The molecule has 0 aliphatic heterocycles. The van der Waals surface area contributed by atoms with E-state index in [1.165, 1.54) is 50.5 Å². The smallest absolute Gasteiger partial charge is 0.314 e. The van der Waals surface area contributed by atoms with Crippen LogP contribution < -0.4 is 4.74 Å². The van der Waals surface area contributed by atoms with Crippen LogP contribution in [0.1, 0.15) is 90.0 Å². The zero-order valence-corrected chi connectivity index (χ0v) is 20.5. The molecule has 0 saturated heterocycles. The van der Waals surface area contributed by atoms with Crippen molar-refractivity contribution in [1.29, 1.82) is 0 Å². The minimum Gasteiger partial charge on any atom is -0.426 e. The minimum absolute atomic E-state index is 0.0386. The molecule has 0 heterocycles. The van der Waals surface area contributed by atoms with Crippen LogP contribution in [-0.4, -0.2) is 5.97 Å². The lowest BCUT2D eigenvalue weighted by Gasteiger charge is -2.27. The van der Waals surface area contributed by atoms with Crippen molar-refractivity contribution in [3.8, 4) is 5.75 Å². The molecule has 0 radical (unpaired) electrons. The highest BCUT2D eigenvalue weighted by molar-refractivity contribution is 5.75. The summed E-state index contributed by atoms with van der Waals surface area (Å²) in [7, 11) is 0. The number of rotatable bonds is 12. The van der Waals surface area contributed by atoms with Crippen LogP contribution in [0.15, 0.2) is 58.8 Å². The monoisotopic (exact) mass is 448 g/mol. The van der Waals surface area contributed by atoms with E-state index in [9.17, 15) is 4.79 Å². The number of azo groups is 1. The fourth-order valence-corrected chi connectivity index (χ4v) is 4.57. The summed E-state index contributed by atoms with van der Waals surface area (Å²) in [5.74, 6) is 1.33. The van der Waals surface area contributed by atoms with E-state index in [1.807, 2.05) is 24.3 Å². The first-order valence-electron chi connectivity index (χ1n) is 13.0. The molecule has 1 saturated carbocycles. The van der Waals surface area contributed by atoms with Gasteiger partial charge >= 0.3 is 5.97 Å². The Hall–Kier alpha value is -2.49. The summed E-state index contributed by atoms with van der Waals surface area (Å²) in [6, 6.07) is 15.6. The Morgan fingerprint density at radius 2 is 1.36 bits per heavy atom. The van der Waals surface area contributed by atoms with Gasteiger partial charge in [0.2, 0.25) is 0 Å². The maximum atomic E-state index is 12.6. The maximum Gasteiger partial charge on any atom is 0.314 e. The van der Waals surface area contributed by atoms with E-state index in [4.69, 9.17) is 4.74 Å². The van der Waals surface area contributed by atoms with Gasteiger partial charge in [-0.15, -0.1) is 0 Å². The van der Waals surface area contributed by atoms with E-state index < -0.39 is 0 Å².